The van der Waals surface area contributed by atoms with Crippen molar-refractivity contribution in [1.29, 1.82) is 0 Å². The SMILES string of the molecule is Cc1cc(Cl)cnc1OC1CCC2(CC1)CN(C(=O)[C@H]1C[C@@](C)(O)C1)C2. The van der Waals surface area contributed by atoms with Gasteiger partial charge in [0, 0.05) is 36.2 Å². The number of aliphatic hydroxyl groups is 1. The molecule has 2 heterocycles. The van der Waals surface area contributed by atoms with E-state index in [0.29, 0.717) is 23.7 Å². The van der Waals surface area contributed by atoms with Gasteiger partial charge in [0.15, 0.2) is 0 Å². The number of pyridine rings is 1. The molecular weight excluding hydrogens is 352 g/mol. The maximum absolute atomic E-state index is 12.5. The van der Waals surface area contributed by atoms with Crippen LogP contribution in [0.5, 0.6) is 5.88 Å². The van der Waals surface area contributed by atoms with E-state index < -0.39 is 5.60 Å². The van der Waals surface area contributed by atoms with Gasteiger partial charge in [0.2, 0.25) is 11.8 Å². The average molecular weight is 379 g/mol. The molecule has 3 aliphatic rings. The molecule has 2 aliphatic carbocycles. The number of rotatable bonds is 3. The smallest absolute Gasteiger partial charge is 0.225 e. The molecule has 0 unspecified atom stereocenters. The van der Waals surface area contributed by atoms with Crippen LogP contribution in [0.2, 0.25) is 5.02 Å². The molecule has 3 fully saturated rings. The molecule has 6 heteroatoms. The van der Waals surface area contributed by atoms with Crippen LogP contribution in [-0.4, -0.2) is 45.7 Å². The third-order valence-corrected chi connectivity index (χ3v) is 6.56. The Labute approximate surface area is 159 Å². The van der Waals surface area contributed by atoms with Crippen LogP contribution in [0, 0.1) is 18.3 Å². The molecule has 1 amide bonds. The van der Waals surface area contributed by atoms with Crippen molar-refractivity contribution in [1.82, 2.24) is 9.88 Å². The number of hydrogen-bond acceptors (Lipinski definition) is 4. The van der Waals surface area contributed by atoms with Crippen LogP contribution in [0.3, 0.4) is 0 Å². The molecule has 1 N–H and O–H groups in total. The molecule has 0 atom stereocenters. The molecule has 0 aromatic carbocycles. The minimum absolute atomic E-state index is 0.0287. The summed E-state index contributed by atoms with van der Waals surface area (Å²) in [6, 6.07) is 1.88. The lowest BCUT2D eigenvalue weighted by Gasteiger charge is -2.55. The number of carbonyl (C=O) groups excluding carboxylic acids is 1. The molecule has 1 aromatic rings. The van der Waals surface area contributed by atoms with E-state index in [1.165, 1.54) is 0 Å². The monoisotopic (exact) mass is 378 g/mol. The Morgan fingerprint density at radius 1 is 1.35 bits per heavy atom. The summed E-state index contributed by atoms with van der Waals surface area (Å²) in [5.41, 5.74) is 0.616. The van der Waals surface area contributed by atoms with Crippen LogP contribution in [0.15, 0.2) is 12.3 Å². The summed E-state index contributed by atoms with van der Waals surface area (Å²) < 4.78 is 6.09. The summed E-state index contributed by atoms with van der Waals surface area (Å²) in [4.78, 5) is 18.8. The van der Waals surface area contributed by atoms with Crippen molar-refractivity contribution in [2.45, 2.75) is 64.1 Å². The zero-order valence-electron chi connectivity index (χ0n) is 15.5. The number of amides is 1. The first-order valence-corrected chi connectivity index (χ1v) is 9.93. The standard InChI is InChI=1S/C20H27ClN2O3/c1-13-7-15(21)10-22-17(13)26-16-3-5-20(6-4-16)11-23(12-20)18(24)14-8-19(2,25)9-14/h7,10,14,16,25H,3-6,8-9,11-12H2,1-2H3/t14-,19+. The molecule has 1 spiro atoms. The van der Waals surface area contributed by atoms with E-state index >= 15 is 0 Å². The number of nitrogens with zero attached hydrogens (tertiary/aromatic N) is 2. The van der Waals surface area contributed by atoms with Crippen molar-refractivity contribution >= 4 is 17.5 Å². The van der Waals surface area contributed by atoms with Crippen molar-refractivity contribution in [3.63, 3.8) is 0 Å². The minimum Gasteiger partial charge on any atom is -0.474 e. The zero-order valence-corrected chi connectivity index (χ0v) is 16.3. The number of hydrogen-bond donors (Lipinski definition) is 1. The van der Waals surface area contributed by atoms with Crippen LogP contribution < -0.4 is 4.74 Å². The molecule has 1 aliphatic heterocycles. The van der Waals surface area contributed by atoms with Gasteiger partial charge < -0.3 is 14.7 Å². The second-order valence-corrected chi connectivity index (χ2v) is 9.33. The lowest BCUT2D eigenvalue weighted by Crippen LogP contribution is -2.63. The van der Waals surface area contributed by atoms with Crippen LogP contribution in [0.25, 0.3) is 0 Å². The number of likely N-dealkylation sites (tertiary alicyclic amines) is 1. The first-order chi connectivity index (χ1) is 12.3. The molecular formula is C20H27ClN2O3. The van der Waals surface area contributed by atoms with Gasteiger partial charge in [-0.1, -0.05) is 11.6 Å². The lowest BCUT2D eigenvalue weighted by molar-refractivity contribution is -0.164. The third-order valence-electron chi connectivity index (χ3n) is 6.35. The van der Waals surface area contributed by atoms with Gasteiger partial charge in [-0.05, 0) is 58.4 Å². The number of aromatic nitrogens is 1. The molecule has 1 saturated heterocycles. The fraction of sp³-hybridized carbons (Fsp3) is 0.700. The van der Waals surface area contributed by atoms with Gasteiger partial charge in [-0.25, -0.2) is 4.98 Å². The number of halogens is 1. The van der Waals surface area contributed by atoms with E-state index in [1.54, 1.807) is 6.20 Å². The number of aryl methyl sites for hydroxylation is 1. The van der Waals surface area contributed by atoms with E-state index in [9.17, 15) is 9.90 Å². The van der Waals surface area contributed by atoms with Crippen molar-refractivity contribution in [2.75, 3.05) is 13.1 Å². The predicted molar refractivity (Wildman–Crippen MR) is 99.2 cm³/mol. The van der Waals surface area contributed by atoms with Gasteiger partial charge in [0.05, 0.1) is 10.6 Å². The van der Waals surface area contributed by atoms with Gasteiger partial charge in [0.1, 0.15) is 6.10 Å². The fourth-order valence-corrected chi connectivity index (χ4v) is 5.01. The summed E-state index contributed by atoms with van der Waals surface area (Å²) in [5, 5.41) is 10.5. The van der Waals surface area contributed by atoms with E-state index in [0.717, 1.165) is 44.3 Å². The molecule has 0 bridgehead atoms. The Bertz CT molecular complexity index is 697. The summed E-state index contributed by atoms with van der Waals surface area (Å²) in [5.74, 6) is 0.945. The second kappa shape index (κ2) is 6.38. The number of carbonyl (C=O) groups is 1. The molecule has 26 heavy (non-hydrogen) atoms. The maximum Gasteiger partial charge on any atom is 0.225 e. The lowest BCUT2D eigenvalue weighted by atomic mass is 9.66. The summed E-state index contributed by atoms with van der Waals surface area (Å²) >= 11 is 5.95. The molecule has 2 saturated carbocycles. The van der Waals surface area contributed by atoms with Gasteiger partial charge in [0.25, 0.3) is 0 Å². The quantitative estimate of drug-likeness (QED) is 0.876. The van der Waals surface area contributed by atoms with Crippen molar-refractivity contribution < 1.29 is 14.6 Å². The average Bonchev–Trinajstić information content (AvgIpc) is 2.53. The highest BCUT2D eigenvalue weighted by Gasteiger charge is 2.51. The van der Waals surface area contributed by atoms with Gasteiger partial charge in [-0.15, -0.1) is 0 Å². The molecule has 5 nitrogen and oxygen atoms in total. The summed E-state index contributed by atoms with van der Waals surface area (Å²) in [6.45, 7) is 5.52. The first kappa shape index (κ1) is 18.1. The topological polar surface area (TPSA) is 62.7 Å². The van der Waals surface area contributed by atoms with Crippen LogP contribution in [0.4, 0.5) is 0 Å². The second-order valence-electron chi connectivity index (χ2n) is 8.89. The Balaban J connectivity index is 1.25. The van der Waals surface area contributed by atoms with E-state index in [2.05, 4.69) is 4.98 Å². The Morgan fingerprint density at radius 3 is 2.58 bits per heavy atom. The van der Waals surface area contributed by atoms with Gasteiger partial charge in [-0.2, -0.15) is 0 Å². The summed E-state index contributed by atoms with van der Waals surface area (Å²) in [7, 11) is 0. The molecule has 1 aromatic heterocycles. The zero-order chi connectivity index (χ0) is 18.5. The fourth-order valence-electron chi connectivity index (χ4n) is 4.80. The highest BCUT2D eigenvalue weighted by Crippen LogP contribution is 2.47. The Kier molecular flexibility index (Phi) is 4.43. The number of ether oxygens (including phenoxy) is 1. The predicted octanol–water partition coefficient (Wildman–Crippen LogP) is 3.35. The van der Waals surface area contributed by atoms with Crippen LogP contribution in [0.1, 0.15) is 51.0 Å². The summed E-state index contributed by atoms with van der Waals surface area (Å²) in [6.07, 6.45) is 7.24. The largest absolute Gasteiger partial charge is 0.474 e. The van der Waals surface area contributed by atoms with Gasteiger partial charge in [-0.3, -0.25) is 4.79 Å². The molecule has 142 valence electrons. The Hall–Kier alpha value is -1.33. The van der Waals surface area contributed by atoms with E-state index in [-0.39, 0.29) is 23.3 Å². The molecule has 4 rings (SSSR count). The molecule has 0 radical (unpaired) electrons. The third kappa shape index (κ3) is 3.44. The highest BCUT2D eigenvalue weighted by atomic mass is 35.5. The van der Waals surface area contributed by atoms with Crippen LogP contribution >= 0.6 is 11.6 Å². The van der Waals surface area contributed by atoms with E-state index in [4.69, 9.17) is 16.3 Å². The van der Waals surface area contributed by atoms with Crippen molar-refractivity contribution in [3.8, 4) is 5.88 Å². The maximum atomic E-state index is 12.5. The van der Waals surface area contributed by atoms with Crippen LogP contribution in [-0.2, 0) is 4.79 Å². The van der Waals surface area contributed by atoms with E-state index in [1.807, 2.05) is 24.8 Å². The van der Waals surface area contributed by atoms with Crippen molar-refractivity contribution in [2.24, 2.45) is 11.3 Å². The minimum atomic E-state index is -0.633. The Morgan fingerprint density at radius 2 is 2.00 bits per heavy atom. The first-order valence-electron chi connectivity index (χ1n) is 9.55. The highest BCUT2D eigenvalue weighted by molar-refractivity contribution is 6.30. The normalized spacial score (nSPS) is 30.6. The van der Waals surface area contributed by atoms with Crippen molar-refractivity contribution in [3.05, 3.63) is 22.8 Å². The van der Waals surface area contributed by atoms with Gasteiger partial charge >= 0.3 is 0 Å².